The summed E-state index contributed by atoms with van der Waals surface area (Å²) in [7, 11) is 4.73. The van der Waals surface area contributed by atoms with Crippen LogP contribution in [-0.4, -0.2) is 55.5 Å². The summed E-state index contributed by atoms with van der Waals surface area (Å²) in [5, 5.41) is 2.70. The van der Waals surface area contributed by atoms with Crippen molar-refractivity contribution in [3.8, 4) is 11.5 Å². The normalized spacial score (nSPS) is 18.2. The Balaban J connectivity index is 1.72. The summed E-state index contributed by atoms with van der Waals surface area (Å²) in [6.45, 7) is 1.57. The number of urea groups is 1. The minimum Gasteiger partial charge on any atom is -0.497 e. The van der Waals surface area contributed by atoms with Crippen molar-refractivity contribution in [2.45, 2.75) is 19.0 Å². The van der Waals surface area contributed by atoms with Crippen LogP contribution in [-0.2, 0) is 21.7 Å². The number of imide groups is 1. The molecule has 0 bridgehead atoms. The lowest BCUT2D eigenvalue weighted by atomic mass is 9.92. The maximum Gasteiger partial charge on any atom is 0.325 e. The molecule has 158 valence electrons. The van der Waals surface area contributed by atoms with E-state index in [2.05, 4.69) is 5.32 Å². The van der Waals surface area contributed by atoms with Crippen molar-refractivity contribution in [1.82, 2.24) is 15.1 Å². The Morgan fingerprint density at radius 1 is 1.07 bits per heavy atom. The number of nitrogens with one attached hydrogen (secondary N) is 1. The number of para-hydroxylation sites is 1. The van der Waals surface area contributed by atoms with Crippen LogP contribution in [0.25, 0.3) is 0 Å². The van der Waals surface area contributed by atoms with Gasteiger partial charge in [0.25, 0.3) is 5.91 Å². The van der Waals surface area contributed by atoms with Gasteiger partial charge >= 0.3 is 6.03 Å². The number of amides is 4. The summed E-state index contributed by atoms with van der Waals surface area (Å²) in [5.41, 5.74) is 0.195. The van der Waals surface area contributed by atoms with Gasteiger partial charge in [0.2, 0.25) is 5.91 Å². The molecule has 1 fully saturated rings. The summed E-state index contributed by atoms with van der Waals surface area (Å²) < 4.78 is 10.4. The molecule has 0 radical (unpaired) electrons. The second-order valence-electron chi connectivity index (χ2n) is 7.24. The molecule has 8 heteroatoms. The quantitative estimate of drug-likeness (QED) is 0.705. The Morgan fingerprint density at radius 2 is 1.73 bits per heavy atom. The number of methoxy groups -OCH3 is 2. The third-order valence-electron chi connectivity index (χ3n) is 5.26. The number of benzene rings is 2. The average molecular weight is 411 g/mol. The topological polar surface area (TPSA) is 88.2 Å². The van der Waals surface area contributed by atoms with Crippen LogP contribution in [0.2, 0.25) is 0 Å². The molecule has 0 unspecified atom stereocenters. The third-order valence-corrected chi connectivity index (χ3v) is 5.26. The fraction of sp³-hybridized carbons (Fsp3) is 0.318. The number of ether oxygens (including phenoxy) is 2. The molecule has 30 heavy (non-hydrogen) atoms. The Kier molecular flexibility index (Phi) is 5.96. The Labute approximate surface area is 175 Å². The molecule has 0 saturated carbocycles. The van der Waals surface area contributed by atoms with Gasteiger partial charge in [-0.25, -0.2) is 4.79 Å². The van der Waals surface area contributed by atoms with Crippen LogP contribution in [0.3, 0.4) is 0 Å². The molecule has 1 heterocycles. The van der Waals surface area contributed by atoms with Crippen molar-refractivity contribution in [3.05, 3.63) is 59.7 Å². The van der Waals surface area contributed by atoms with Crippen molar-refractivity contribution < 1.29 is 23.9 Å². The molecular weight excluding hydrogens is 386 g/mol. The lowest BCUT2D eigenvalue weighted by Gasteiger charge is -2.23. The maximum absolute atomic E-state index is 13.0. The molecule has 8 nitrogen and oxygen atoms in total. The van der Waals surface area contributed by atoms with Gasteiger partial charge in [-0.15, -0.1) is 0 Å². The van der Waals surface area contributed by atoms with Crippen molar-refractivity contribution in [2.75, 3.05) is 27.8 Å². The van der Waals surface area contributed by atoms with E-state index in [-0.39, 0.29) is 12.5 Å². The van der Waals surface area contributed by atoms with Crippen LogP contribution < -0.4 is 14.8 Å². The Bertz CT molecular complexity index is 960. The highest BCUT2D eigenvalue weighted by molar-refractivity contribution is 6.09. The molecule has 1 N–H and O–H groups in total. The second-order valence-corrected chi connectivity index (χ2v) is 7.24. The highest BCUT2D eigenvalue weighted by Crippen LogP contribution is 2.30. The van der Waals surface area contributed by atoms with Gasteiger partial charge in [0.1, 0.15) is 23.6 Å². The standard InChI is InChI=1S/C22H25N3O5/c1-22(16-9-11-17(29-3)12-10-16)20(27)25(21(28)23-22)14-19(26)24(2)13-15-7-5-6-8-18(15)30-4/h5-12H,13-14H2,1-4H3,(H,23,28)/t22-/m1/s1. The molecule has 2 aromatic rings. The molecule has 0 spiro atoms. The zero-order valence-corrected chi connectivity index (χ0v) is 17.5. The molecule has 0 aliphatic carbocycles. The van der Waals surface area contributed by atoms with Crippen LogP contribution in [0.4, 0.5) is 4.79 Å². The van der Waals surface area contributed by atoms with Gasteiger partial charge in [0.15, 0.2) is 0 Å². The zero-order chi connectivity index (χ0) is 21.9. The first kappa shape index (κ1) is 21.2. The second kappa shape index (κ2) is 8.44. The first-order chi connectivity index (χ1) is 14.3. The summed E-state index contributed by atoms with van der Waals surface area (Å²) in [6.07, 6.45) is 0. The van der Waals surface area contributed by atoms with E-state index in [9.17, 15) is 14.4 Å². The van der Waals surface area contributed by atoms with Gasteiger partial charge < -0.3 is 19.7 Å². The predicted octanol–water partition coefficient (Wildman–Crippen LogP) is 2.13. The van der Waals surface area contributed by atoms with Crippen LogP contribution in [0.1, 0.15) is 18.1 Å². The molecule has 2 aromatic carbocycles. The number of rotatable bonds is 7. The smallest absolute Gasteiger partial charge is 0.325 e. The maximum atomic E-state index is 13.0. The molecule has 1 aliphatic heterocycles. The average Bonchev–Trinajstić information content (AvgIpc) is 2.97. The van der Waals surface area contributed by atoms with Gasteiger partial charge in [-0.05, 0) is 30.7 Å². The lowest BCUT2D eigenvalue weighted by Crippen LogP contribution is -2.43. The van der Waals surface area contributed by atoms with E-state index in [1.54, 1.807) is 52.5 Å². The van der Waals surface area contributed by atoms with Gasteiger partial charge in [-0.3, -0.25) is 14.5 Å². The van der Waals surface area contributed by atoms with E-state index in [0.717, 1.165) is 10.5 Å². The SMILES string of the molecule is COc1ccc([C@@]2(C)NC(=O)N(CC(=O)N(C)Cc3ccccc3OC)C2=O)cc1. The first-order valence-corrected chi connectivity index (χ1v) is 9.44. The minimum atomic E-state index is -1.25. The van der Waals surface area contributed by atoms with Crippen LogP contribution in [0.15, 0.2) is 48.5 Å². The molecule has 1 aliphatic rings. The van der Waals surface area contributed by atoms with E-state index in [0.29, 0.717) is 23.6 Å². The van der Waals surface area contributed by atoms with E-state index in [1.807, 2.05) is 24.3 Å². The summed E-state index contributed by atoms with van der Waals surface area (Å²) in [4.78, 5) is 40.7. The number of carbonyl (C=O) groups is 3. The number of carbonyl (C=O) groups excluding carboxylic acids is 3. The summed E-state index contributed by atoms with van der Waals surface area (Å²) in [6, 6.07) is 13.6. The van der Waals surface area contributed by atoms with Crippen molar-refractivity contribution in [2.24, 2.45) is 0 Å². The van der Waals surface area contributed by atoms with Crippen molar-refractivity contribution in [1.29, 1.82) is 0 Å². The summed E-state index contributed by atoms with van der Waals surface area (Å²) >= 11 is 0. The van der Waals surface area contributed by atoms with Gasteiger partial charge in [0, 0.05) is 19.2 Å². The molecular formula is C22H25N3O5. The minimum absolute atomic E-state index is 0.294. The van der Waals surface area contributed by atoms with Crippen LogP contribution >= 0.6 is 0 Å². The molecule has 1 atom stereocenters. The highest BCUT2D eigenvalue weighted by Gasteiger charge is 2.49. The Hall–Kier alpha value is -3.55. The van der Waals surface area contributed by atoms with Gasteiger partial charge in [-0.2, -0.15) is 0 Å². The van der Waals surface area contributed by atoms with E-state index < -0.39 is 17.5 Å². The van der Waals surface area contributed by atoms with E-state index in [1.165, 1.54) is 4.90 Å². The number of nitrogens with zero attached hydrogens (tertiary/aromatic N) is 2. The fourth-order valence-electron chi connectivity index (χ4n) is 3.39. The molecule has 1 saturated heterocycles. The number of likely N-dealkylation sites (N-methyl/N-ethyl adjacent to an activating group) is 1. The van der Waals surface area contributed by atoms with Crippen LogP contribution in [0.5, 0.6) is 11.5 Å². The summed E-state index contributed by atoms with van der Waals surface area (Å²) in [5.74, 6) is 0.475. The number of hydrogen-bond donors (Lipinski definition) is 1. The van der Waals surface area contributed by atoms with E-state index >= 15 is 0 Å². The van der Waals surface area contributed by atoms with Crippen molar-refractivity contribution in [3.63, 3.8) is 0 Å². The fourth-order valence-corrected chi connectivity index (χ4v) is 3.39. The van der Waals surface area contributed by atoms with Crippen LogP contribution in [0, 0.1) is 0 Å². The molecule has 3 rings (SSSR count). The van der Waals surface area contributed by atoms with Gasteiger partial charge in [-0.1, -0.05) is 30.3 Å². The molecule has 4 amide bonds. The van der Waals surface area contributed by atoms with E-state index in [4.69, 9.17) is 9.47 Å². The molecule has 0 aromatic heterocycles. The zero-order valence-electron chi connectivity index (χ0n) is 17.5. The largest absolute Gasteiger partial charge is 0.497 e. The third kappa shape index (κ3) is 3.94. The Morgan fingerprint density at radius 3 is 2.37 bits per heavy atom. The van der Waals surface area contributed by atoms with Crippen molar-refractivity contribution >= 4 is 17.8 Å². The number of hydrogen-bond acceptors (Lipinski definition) is 5. The van der Waals surface area contributed by atoms with Gasteiger partial charge in [0.05, 0.1) is 14.2 Å². The predicted molar refractivity (Wildman–Crippen MR) is 110 cm³/mol. The highest BCUT2D eigenvalue weighted by atomic mass is 16.5. The monoisotopic (exact) mass is 411 g/mol. The first-order valence-electron chi connectivity index (χ1n) is 9.44. The lowest BCUT2D eigenvalue weighted by molar-refractivity contribution is -0.138.